The summed E-state index contributed by atoms with van der Waals surface area (Å²) in [6, 6.07) is 14.7. The number of ether oxygens (including phenoxy) is 4. The van der Waals surface area contributed by atoms with Crippen LogP contribution >= 0.6 is 0 Å². The van der Waals surface area contributed by atoms with Crippen molar-refractivity contribution < 1.29 is 23.7 Å². The Balaban J connectivity index is 1.46. The fourth-order valence-corrected chi connectivity index (χ4v) is 3.69. The molecule has 0 bridgehead atoms. The van der Waals surface area contributed by atoms with Gasteiger partial charge in [0.1, 0.15) is 19.0 Å². The monoisotopic (exact) mass is 462 g/mol. The number of carbonyl (C=O) groups excluding carboxylic acids is 1. The molecule has 0 saturated carbocycles. The molecule has 4 rings (SSSR count). The van der Waals surface area contributed by atoms with Crippen LogP contribution in [0.5, 0.6) is 17.2 Å². The van der Waals surface area contributed by atoms with E-state index >= 15 is 0 Å². The Kier molecular flexibility index (Phi) is 7.99. The molecule has 2 aromatic carbocycles. The van der Waals surface area contributed by atoms with Crippen LogP contribution in [0.1, 0.15) is 41.3 Å². The third kappa shape index (κ3) is 6.26. The summed E-state index contributed by atoms with van der Waals surface area (Å²) in [4.78, 5) is 17.2. The molecule has 1 amide bonds. The highest BCUT2D eigenvalue weighted by Crippen LogP contribution is 2.31. The van der Waals surface area contributed by atoms with Gasteiger partial charge in [0.25, 0.3) is 5.91 Å². The molecule has 1 unspecified atom stereocenters. The summed E-state index contributed by atoms with van der Waals surface area (Å²) in [5, 5.41) is 2.97. The summed E-state index contributed by atoms with van der Waals surface area (Å²) in [6.45, 7) is 5.92. The highest BCUT2D eigenvalue weighted by Gasteiger charge is 2.18. The second-order valence-corrected chi connectivity index (χ2v) is 8.14. The van der Waals surface area contributed by atoms with Crippen LogP contribution < -0.4 is 19.5 Å². The lowest BCUT2D eigenvalue weighted by Crippen LogP contribution is -2.18. The van der Waals surface area contributed by atoms with Crippen LogP contribution in [0.25, 0.3) is 0 Å². The van der Waals surface area contributed by atoms with E-state index in [0.717, 1.165) is 30.6 Å². The molecular weight excluding hydrogens is 432 g/mol. The predicted octanol–water partition coefficient (Wildman–Crippen LogP) is 5.18. The molecule has 1 fully saturated rings. The van der Waals surface area contributed by atoms with Gasteiger partial charge in [-0.3, -0.25) is 9.78 Å². The molecule has 1 atom stereocenters. The average molecular weight is 463 g/mol. The lowest BCUT2D eigenvalue weighted by molar-refractivity contribution is 0.0681. The van der Waals surface area contributed by atoms with Crippen LogP contribution in [0.2, 0.25) is 0 Å². The van der Waals surface area contributed by atoms with Gasteiger partial charge in [-0.25, -0.2) is 0 Å². The van der Waals surface area contributed by atoms with Gasteiger partial charge >= 0.3 is 0 Å². The first-order valence-corrected chi connectivity index (χ1v) is 11.6. The van der Waals surface area contributed by atoms with E-state index in [1.807, 2.05) is 44.2 Å². The van der Waals surface area contributed by atoms with E-state index in [-0.39, 0.29) is 12.0 Å². The first kappa shape index (κ1) is 23.6. The largest absolute Gasteiger partial charge is 0.490 e. The van der Waals surface area contributed by atoms with E-state index in [1.165, 1.54) is 0 Å². The standard InChI is InChI=1S/C27H30N2O5/c1-3-31-26-15-21(9-11-24(26)33-17-20-6-4-12-28-16-20)27(30)29-23-10-8-19(2)14-25(23)34-18-22-7-5-13-32-22/h4,6,8-12,14-16,22H,3,5,7,13,17-18H2,1-2H3,(H,29,30). The predicted molar refractivity (Wildman–Crippen MR) is 130 cm³/mol. The molecule has 1 aliphatic heterocycles. The number of benzene rings is 2. The summed E-state index contributed by atoms with van der Waals surface area (Å²) in [7, 11) is 0. The number of hydrogen-bond acceptors (Lipinski definition) is 6. The van der Waals surface area contributed by atoms with E-state index in [1.54, 1.807) is 30.6 Å². The summed E-state index contributed by atoms with van der Waals surface area (Å²) >= 11 is 0. The van der Waals surface area contributed by atoms with Crippen molar-refractivity contribution in [3.8, 4) is 17.2 Å². The second kappa shape index (κ2) is 11.5. The van der Waals surface area contributed by atoms with Crippen LogP contribution in [0.3, 0.4) is 0 Å². The number of rotatable bonds is 10. The number of carbonyl (C=O) groups is 1. The third-order valence-corrected chi connectivity index (χ3v) is 5.46. The molecule has 7 nitrogen and oxygen atoms in total. The Morgan fingerprint density at radius 1 is 1.09 bits per heavy atom. The van der Waals surface area contributed by atoms with Crippen molar-refractivity contribution in [1.29, 1.82) is 0 Å². The van der Waals surface area contributed by atoms with Crippen LogP contribution in [0, 0.1) is 6.92 Å². The molecule has 0 radical (unpaired) electrons. The number of hydrogen-bond donors (Lipinski definition) is 1. The van der Waals surface area contributed by atoms with Crippen molar-refractivity contribution in [2.45, 2.75) is 39.4 Å². The van der Waals surface area contributed by atoms with Gasteiger partial charge in [0.2, 0.25) is 0 Å². The van der Waals surface area contributed by atoms with Crippen molar-refractivity contribution >= 4 is 11.6 Å². The molecule has 1 aliphatic rings. The Labute approximate surface area is 200 Å². The van der Waals surface area contributed by atoms with Crippen molar-refractivity contribution in [3.63, 3.8) is 0 Å². The number of nitrogens with zero attached hydrogens (tertiary/aromatic N) is 1. The summed E-state index contributed by atoms with van der Waals surface area (Å²) in [5.74, 6) is 1.45. The van der Waals surface area contributed by atoms with Gasteiger partial charge in [-0.15, -0.1) is 0 Å². The normalized spacial score (nSPS) is 15.1. The molecule has 0 spiro atoms. The van der Waals surface area contributed by atoms with E-state index in [0.29, 0.717) is 48.3 Å². The molecule has 1 aromatic heterocycles. The van der Waals surface area contributed by atoms with Gasteiger partial charge in [0.05, 0.1) is 18.4 Å². The number of anilines is 1. The van der Waals surface area contributed by atoms with Crippen LogP contribution in [0.15, 0.2) is 60.9 Å². The maximum Gasteiger partial charge on any atom is 0.255 e. The Bertz CT molecular complexity index is 1100. The fraction of sp³-hybridized carbons (Fsp3) is 0.333. The zero-order valence-corrected chi connectivity index (χ0v) is 19.6. The molecular formula is C27H30N2O5. The maximum absolute atomic E-state index is 13.1. The number of nitrogens with one attached hydrogen (secondary N) is 1. The highest BCUT2D eigenvalue weighted by atomic mass is 16.5. The molecule has 34 heavy (non-hydrogen) atoms. The summed E-state index contributed by atoms with van der Waals surface area (Å²) in [5.41, 5.74) is 3.07. The van der Waals surface area contributed by atoms with Gasteiger partial charge < -0.3 is 24.3 Å². The lowest BCUT2D eigenvalue weighted by Gasteiger charge is -2.17. The maximum atomic E-state index is 13.1. The highest BCUT2D eigenvalue weighted by molar-refractivity contribution is 6.05. The number of amides is 1. The van der Waals surface area contributed by atoms with Gasteiger partial charge in [0, 0.05) is 30.1 Å². The van der Waals surface area contributed by atoms with Crippen LogP contribution in [-0.4, -0.2) is 36.8 Å². The van der Waals surface area contributed by atoms with E-state index in [4.69, 9.17) is 18.9 Å². The fourth-order valence-electron chi connectivity index (χ4n) is 3.69. The molecule has 1 saturated heterocycles. The van der Waals surface area contributed by atoms with Crippen molar-refractivity contribution in [3.05, 3.63) is 77.6 Å². The minimum atomic E-state index is -0.259. The Morgan fingerprint density at radius 3 is 2.76 bits per heavy atom. The number of aromatic nitrogens is 1. The van der Waals surface area contributed by atoms with Gasteiger partial charge in [0.15, 0.2) is 11.5 Å². The number of pyridine rings is 1. The Hall–Kier alpha value is -3.58. The lowest BCUT2D eigenvalue weighted by atomic mass is 10.1. The zero-order chi connectivity index (χ0) is 23.8. The molecule has 3 aromatic rings. The minimum Gasteiger partial charge on any atom is -0.490 e. The second-order valence-electron chi connectivity index (χ2n) is 8.14. The summed E-state index contributed by atoms with van der Waals surface area (Å²) < 4.78 is 23.3. The quantitative estimate of drug-likeness (QED) is 0.447. The molecule has 7 heteroatoms. The zero-order valence-electron chi connectivity index (χ0n) is 19.6. The van der Waals surface area contributed by atoms with Crippen molar-refractivity contribution in [2.24, 2.45) is 0 Å². The average Bonchev–Trinajstić information content (AvgIpc) is 3.38. The third-order valence-electron chi connectivity index (χ3n) is 5.46. The minimum absolute atomic E-state index is 0.0945. The Morgan fingerprint density at radius 2 is 2.00 bits per heavy atom. The van der Waals surface area contributed by atoms with Gasteiger partial charge in [-0.2, -0.15) is 0 Å². The SMILES string of the molecule is CCOc1cc(C(=O)Nc2ccc(C)cc2OCC2CCCO2)ccc1OCc1cccnc1. The molecule has 1 N–H and O–H groups in total. The van der Waals surface area contributed by atoms with Crippen molar-refractivity contribution in [1.82, 2.24) is 4.98 Å². The van der Waals surface area contributed by atoms with E-state index in [9.17, 15) is 4.79 Å². The first-order chi connectivity index (χ1) is 16.6. The van der Waals surface area contributed by atoms with Gasteiger partial charge in [-0.1, -0.05) is 12.1 Å². The topological polar surface area (TPSA) is 78.9 Å². The summed E-state index contributed by atoms with van der Waals surface area (Å²) in [6.07, 6.45) is 5.60. The molecule has 2 heterocycles. The van der Waals surface area contributed by atoms with Crippen molar-refractivity contribution in [2.75, 3.05) is 25.1 Å². The smallest absolute Gasteiger partial charge is 0.255 e. The molecule has 178 valence electrons. The van der Waals surface area contributed by atoms with Gasteiger partial charge in [-0.05, 0) is 68.7 Å². The van der Waals surface area contributed by atoms with E-state index in [2.05, 4.69) is 10.3 Å². The number of aryl methyl sites for hydroxylation is 1. The van der Waals surface area contributed by atoms with Crippen LogP contribution in [-0.2, 0) is 11.3 Å². The molecule has 0 aliphatic carbocycles. The van der Waals surface area contributed by atoms with Crippen LogP contribution in [0.4, 0.5) is 5.69 Å². The van der Waals surface area contributed by atoms with E-state index < -0.39 is 0 Å². The first-order valence-electron chi connectivity index (χ1n) is 11.6.